The molecule has 0 amide bonds. The molecular weight excluding hydrogens is 369 g/mol. The van der Waals surface area contributed by atoms with Crippen LogP contribution >= 0.6 is 0 Å². The Bertz CT molecular complexity index is 985. The van der Waals surface area contributed by atoms with Gasteiger partial charge in [0.1, 0.15) is 23.0 Å². The van der Waals surface area contributed by atoms with E-state index in [1.165, 1.54) is 30.5 Å². The van der Waals surface area contributed by atoms with Gasteiger partial charge in [0.15, 0.2) is 0 Å². The second kappa shape index (κ2) is 6.98. The molecule has 0 radical (unpaired) electrons. The highest BCUT2D eigenvalue weighted by Crippen LogP contribution is 2.37. The van der Waals surface area contributed by atoms with E-state index < -0.39 is 17.0 Å². The number of alkyl halides is 3. The molecule has 27 heavy (non-hydrogen) atoms. The quantitative estimate of drug-likeness (QED) is 0.444. The zero-order valence-electron chi connectivity index (χ0n) is 13.7. The Morgan fingerprint density at radius 2 is 1.89 bits per heavy atom. The average molecular weight is 380 g/mol. The van der Waals surface area contributed by atoms with Gasteiger partial charge in [-0.1, -0.05) is 6.07 Å². The molecule has 0 fully saturated rings. The Kier molecular flexibility index (Phi) is 4.72. The number of hydrogen-bond donors (Lipinski definition) is 0. The predicted octanol–water partition coefficient (Wildman–Crippen LogP) is 5.25. The van der Waals surface area contributed by atoms with E-state index in [1.807, 2.05) is 0 Å². The maximum Gasteiger partial charge on any atom is 0.573 e. The minimum atomic E-state index is -4.86. The molecule has 1 aromatic heterocycles. The highest BCUT2D eigenvalue weighted by atomic mass is 19.4. The first-order valence-corrected chi connectivity index (χ1v) is 7.46. The molecule has 0 bridgehead atoms. The predicted molar refractivity (Wildman–Crippen MR) is 86.5 cm³/mol. The molecule has 0 atom stereocenters. The molecule has 0 aliphatic carbocycles. The number of hydrogen-bond acceptors (Lipinski definition) is 6. The van der Waals surface area contributed by atoms with Crippen LogP contribution in [0.2, 0.25) is 0 Å². The molecule has 0 saturated heterocycles. The molecule has 2 aromatic carbocycles. The zero-order chi connectivity index (χ0) is 19.6. The molecule has 0 N–H and O–H groups in total. The fraction of sp³-hybridized carbons (Fsp3) is 0.118. The lowest BCUT2D eigenvalue weighted by Gasteiger charge is -2.12. The summed E-state index contributed by atoms with van der Waals surface area (Å²) in [6, 6.07) is 8.55. The number of nitro benzene ring substituents is 1. The van der Waals surface area contributed by atoms with Crippen molar-refractivity contribution in [3.05, 3.63) is 64.5 Å². The molecule has 1 heterocycles. The summed E-state index contributed by atoms with van der Waals surface area (Å²) in [6.07, 6.45) is -3.40. The summed E-state index contributed by atoms with van der Waals surface area (Å²) in [5, 5.41) is 11.0. The first kappa shape index (κ1) is 18.2. The Balaban J connectivity index is 1.99. The van der Waals surface area contributed by atoms with Crippen LogP contribution in [0.3, 0.4) is 0 Å². The fourth-order valence-corrected chi connectivity index (χ4v) is 2.23. The molecule has 0 aliphatic rings. The van der Waals surface area contributed by atoms with E-state index >= 15 is 0 Å². The SMILES string of the molecule is Cc1cnc(-c2ccc([N+](=O)[O-])cc2Oc2cccc(OC(F)(F)F)c2)o1. The fourth-order valence-electron chi connectivity index (χ4n) is 2.23. The summed E-state index contributed by atoms with van der Waals surface area (Å²) >= 11 is 0. The van der Waals surface area contributed by atoms with Crippen molar-refractivity contribution in [3.8, 4) is 28.7 Å². The van der Waals surface area contributed by atoms with Crippen LogP contribution in [-0.4, -0.2) is 16.3 Å². The summed E-state index contributed by atoms with van der Waals surface area (Å²) in [5.74, 6) is 0.158. The normalized spacial score (nSPS) is 11.3. The number of aromatic nitrogens is 1. The number of ether oxygens (including phenoxy) is 2. The number of rotatable bonds is 5. The largest absolute Gasteiger partial charge is 0.573 e. The van der Waals surface area contributed by atoms with E-state index in [9.17, 15) is 23.3 Å². The van der Waals surface area contributed by atoms with E-state index in [0.29, 0.717) is 11.3 Å². The third-order valence-corrected chi connectivity index (χ3v) is 3.29. The van der Waals surface area contributed by atoms with Crippen LogP contribution in [0.4, 0.5) is 18.9 Å². The minimum absolute atomic E-state index is 0.00444. The molecule has 3 aromatic rings. The van der Waals surface area contributed by atoms with Crippen molar-refractivity contribution in [1.82, 2.24) is 4.98 Å². The standard InChI is InChI=1S/C17H11F3N2O5/c1-10-9-21-16(25-10)14-6-5-11(22(23)24)7-15(14)26-12-3-2-4-13(8-12)27-17(18,19)20/h2-9H,1H3. The number of nitrogens with zero attached hydrogens (tertiary/aromatic N) is 2. The molecule has 7 nitrogen and oxygen atoms in total. The van der Waals surface area contributed by atoms with Gasteiger partial charge in [-0.3, -0.25) is 10.1 Å². The van der Waals surface area contributed by atoms with Crippen LogP contribution in [0.1, 0.15) is 5.76 Å². The van der Waals surface area contributed by atoms with Gasteiger partial charge in [0.2, 0.25) is 5.89 Å². The Morgan fingerprint density at radius 3 is 2.52 bits per heavy atom. The Labute approximate surface area is 150 Å². The summed E-state index contributed by atoms with van der Waals surface area (Å²) in [4.78, 5) is 14.4. The van der Waals surface area contributed by atoms with E-state index in [2.05, 4.69) is 9.72 Å². The van der Waals surface area contributed by atoms with Crippen molar-refractivity contribution in [3.63, 3.8) is 0 Å². The monoisotopic (exact) mass is 380 g/mol. The van der Waals surface area contributed by atoms with E-state index in [0.717, 1.165) is 18.2 Å². The zero-order valence-corrected chi connectivity index (χ0v) is 13.7. The maximum atomic E-state index is 12.4. The summed E-state index contributed by atoms with van der Waals surface area (Å²) in [6.45, 7) is 1.67. The third kappa shape index (κ3) is 4.54. The van der Waals surface area contributed by atoms with Gasteiger partial charge in [0.25, 0.3) is 5.69 Å². The van der Waals surface area contributed by atoms with Crippen molar-refractivity contribution in [2.45, 2.75) is 13.3 Å². The maximum absolute atomic E-state index is 12.4. The van der Waals surface area contributed by atoms with Crippen LogP contribution in [0.5, 0.6) is 17.2 Å². The molecular formula is C17H11F3N2O5. The van der Waals surface area contributed by atoms with Crippen molar-refractivity contribution < 1.29 is 32.0 Å². The summed E-state index contributed by atoms with van der Waals surface area (Å²) in [7, 11) is 0. The van der Waals surface area contributed by atoms with Gasteiger partial charge < -0.3 is 13.9 Å². The Morgan fingerprint density at radius 1 is 1.15 bits per heavy atom. The van der Waals surface area contributed by atoms with Gasteiger partial charge in [-0.15, -0.1) is 13.2 Å². The van der Waals surface area contributed by atoms with Gasteiger partial charge in [-0.2, -0.15) is 0 Å². The van der Waals surface area contributed by atoms with Gasteiger partial charge >= 0.3 is 6.36 Å². The molecule has 10 heteroatoms. The smallest absolute Gasteiger partial charge is 0.456 e. The van der Waals surface area contributed by atoms with E-state index in [-0.39, 0.29) is 23.1 Å². The lowest BCUT2D eigenvalue weighted by molar-refractivity contribution is -0.384. The minimum Gasteiger partial charge on any atom is -0.456 e. The molecule has 0 saturated carbocycles. The number of halogens is 3. The van der Waals surface area contributed by atoms with Crippen molar-refractivity contribution in [2.24, 2.45) is 0 Å². The summed E-state index contributed by atoms with van der Waals surface area (Å²) in [5.41, 5.74) is 0.0376. The summed E-state index contributed by atoms with van der Waals surface area (Å²) < 4.78 is 51.9. The third-order valence-electron chi connectivity index (χ3n) is 3.29. The average Bonchev–Trinajstić information content (AvgIpc) is 2.99. The highest BCUT2D eigenvalue weighted by molar-refractivity contribution is 5.66. The van der Waals surface area contributed by atoms with Gasteiger partial charge in [0, 0.05) is 12.1 Å². The number of benzene rings is 2. The van der Waals surface area contributed by atoms with Crippen LogP contribution in [-0.2, 0) is 0 Å². The number of nitro groups is 1. The topological polar surface area (TPSA) is 87.6 Å². The Hall–Kier alpha value is -3.56. The molecule has 0 aliphatic heterocycles. The van der Waals surface area contributed by atoms with Crippen molar-refractivity contribution >= 4 is 5.69 Å². The van der Waals surface area contributed by atoms with E-state index in [4.69, 9.17) is 9.15 Å². The number of aryl methyl sites for hydroxylation is 1. The van der Waals surface area contributed by atoms with Crippen LogP contribution < -0.4 is 9.47 Å². The first-order valence-electron chi connectivity index (χ1n) is 7.46. The highest BCUT2D eigenvalue weighted by Gasteiger charge is 2.31. The number of non-ortho nitro benzene ring substituents is 1. The lowest BCUT2D eigenvalue weighted by Crippen LogP contribution is -2.17. The van der Waals surface area contributed by atoms with Crippen molar-refractivity contribution in [1.29, 1.82) is 0 Å². The lowest BCUT2D eigenvalue weighted by atomic mass is 10.1. The van der Waals surface area contributed by atoms with Crippen LogP contribution in [0.15, 0.2) is 53.1 Å². The molecule has 140 valence electrons. The number of oxazole rings is 1. The molecule has 0 unspecified atom stereocenters. The van der Waals surface area contributed by atoms with Crippen LogP contribution in [0.25, 0.3) is 11.5 Å². The second-order valence-corrected chi connectivity index (χ2v) is 5.34. The van der Waals surface area contributed by atoms with Crippen LogP contribution in [0, 0.1) is 17.0 Å². The van der Waals surface area contributed by atoms with Crippen molar-refractivity contribution in [2.75, 3.05) is 0 Å². The first-order chi connectivity index (χ1) is 12.7. The van der Waals surface area contributed by atoms with Gasteiger partial charge in [-0.25, -0.2) is 4.98 Å². The van der Waals surface area contributed by atoms with E-state index in [1.54, 1.807) is 6.92 Å². The molecule has 3 rings (SSSR count). The molecule has 0 spiro atoms. The van der Waals surface area contributed by atoms with Gasteiger partial charge in [0.05, 0.1) is 22.7 Å². The van der Waals surface area contributed by atoms with Gasteiger partial charge in [-0.05, 0) is 25.1 Å². The second-order valence-electron chi connectivity index (χ2n) is 5.34.